The Morgan fingerprint density at radius 1 is 1.41 bits per heavy atom. The second kappa shape index (κ2) is 3.80. The zero-order chi connectivity index (χ0) is 12.8. The fourth-order valence-electron chi connectivity index (χ4n) is 1.98. The zero-order valence-corrected chi connectivity index (χ0v) is 9.90. The Labute approximate surface area is 99.0 Å². The number of likely N-dealkylation sites (tertiary alicyclic amines) is 1. The van der Waals surface area contributed by atoms with Gasteiger partial charge in [-0.15, -0.1) is 0 Å². The fraction of sp³-hybridized carbons (Fsp3) is 0.727. The molecule has 0 aromatic rings. The minimum absolute atomic E-state index is 0.0507. The lowest BCUT2D eigenvalue weighted by Gasteiger charge is -2.24. The molecule has 1 aliphatic carbocycles. The molecule has 2 aliphatic rings. The van der Waals surface area contributed by atoms with Gasteiger partial charge in [-0.05, 0) is 26.7 Å². The van der Waals surface area contributed by atoms with Crippen LogP contribution in [-0.4, -0.2) is 45.4 Å². The van der Waals surface area contributed by atoms with Gasteiger partial charge in [-0.25, -0.2) is 0 Å². The van der Waals surface area contributed by atoms with Gasteiger partial charge in [-0.3, -0.25) is 24.6 Å². The van der Waals surface area contributed by atoms with Crippen LogP contribution >= 0.6 is 0 Å². The van der Waals surface area contributed by atoms with Crippen LogP contribution in [0.1, 0.15) is 33.1 Å². The molecular weight excluding hydrogens is 224 g/mol. The van der Waals surface area contributed by atoms with Crippen molar-refractivity contribution in [2.45, 2.75) is 50.7 Å². The second-order valence-electron chi connectivity index (χ2n) is 5.16. The van der Waals surface area contributed by atoms with Crippen molar-refractivity contribution in [3.63, 3.8) is 0 Å². The highest BCUT2D eigenvalue weighted by molar-refractivity contribution is 6.06. The van der Waals surface area contributed by atoms with E-state index in [1.807, 2.05) is 0 Å². The van der Waals surface area contributed by atoms with Crippen LogP contribution in [0.3, 0.4) is 0 Å². The molecule has 0 spiro atoms. The number of carboxylic acids is 1. The number of rotatable bonds is 4. The molecule has 2 amide bonds. The molecule has 1 saturated carbocycles. The third-order valence-electron chi connectivity index (χ3n) is 3.16. The van der Waals surface area contributed by atoms with Crippen LogP contribution in [0.15, 0.2) is 0 Å². The summed E-state index contributed by atoms with van der Waals surface area (Å²) in [5.74, 6) is -1.52. The largest absolute Gasteiger partial charge is 0.480 e. The van der Waals surface area contributed by atoms with Gasteiger partial charge < -0.3 is 5.11 Å². The molecule has 0 radical (unpaired) electrons. The summed E-state index contributed by atoms with van der Waals surface area (Å²) in [6.45, 7) is 2.96. The van der Waals surface area contributed by atoms with E-state index in [2.05, 4.69) is 5.32 Å². The molecule has 0 aromatic heterocycles. The van der Waals surface area contributed by atoms with E-state index in [1.54, 1.807) is 0 Å². The Kier molecular flexibility index (Phi) is 2.69. The highest BCUT2D eigenvalue weighted by Crippen LogP contribution is 2.31. The summed E-state index contributed by atoms with van der Waals surface area (Å²) in [7, 11) is 0. The molecule has 0 bridgehead atoms. The first-order valence-electron chi connectivity index (χ1n) is 5.70. The zero-order valence-electron chi connectivity index (χ0n) is 9.90. The number of hydrogen-bond donors (Lipinski definition) is 2. The van der Waals surface area contributed by atoms with E-state index >= 15 is 0 Å². The molecule has 0 aromatic carbocycles. The molecule has 6 nitrogen and oxygen atoms in total. The SMILES string of the molecule is CC(C)(NC1CC(=O)N(C2CC2)C1=O)C(=O)O. The molecule has 2 rings (SSSR count). The summed E-state index contributed by atoms with van der Waals surface area (Å²) < 4.78 is 0. The number of nitrogens with one attached hydrogen (secondary N) is 1. The fourth-order valence-corrected chi connectivity index (χ4v) is 1.98. The third kappa shape index (κ3) is 2.17. The van der Waals surface area contributed by atoms with Crippen molar-refractivity contribution >= 4 is 17.8 Å². The maximum Gasteiger partial charge on any atom is 0.323 e. The first-order chi connectivity index (χ1) is 7.83. The van der Waals surface area contributed by atoms with Gasteiger partial charge in [0.25, 0.3) is 0 Å². The Balaban J connectivity index is 2.06. The van der Waals surface area contributed by atoms with E-state index in [1.165, 1.54) is 18.7 Å². The molecule has 6 heteroatoms. The van der Waals surface area contributed by atoms with Gasteiger partial charge in [0, 0.05) is 6.04 Å². The van der Waals surface area contributed by atoms with Crippen LogP contribution in [0.4, 0.5) is 0 Å². The molecule has 1 saturated heterocycles. The molecule has 2 N–H and O–H groups in total. The minimum atomic E-state index is -1.21. The van der Waals surface area contributed by atoms with Crippen molar-refractivity contribution in [1.29, 1.82) is 0 Å². The van der Waals surface area contributed by atoms with Crippen LogP contribution in [0.25, 0.3) is 0 Å². The van der Waals surface area contributed by atoms with Crippen molar-refractivity contribution in [2.75, 3.05) is 0 Å². The molecule has 1 atom stereocenters. The topological polar surface area (TPSA) is 86.7 Å². The summed E-state index contributed by atoms with van der Waals surface area (Å²) in [6, 6.07) is -0.649. The van der Waals surface area contributed by atoms with Crippen molar-refractivity contribution in [3.8, 4) is 0 Å². The highest BCUT2D eigenvalue weighted by atomic mass is 16.4. The molecule has 1 unspecified atom stereocenters. The summed E-state index contributed by atoms with van der Waals surface area (Å²) in [4.78, 5) is 35.8. The van der Waals surface area contributed by atoms with Crippen LogP contribution in [0.2, 0.25) is 0 Å². The van der Waals surface area contributed by atoms with E-state index in [0.29, 0.717) is 0 Å². The van der Waals surface area contributed by atoms with Crippen molar-refractivity contribution < 1.29 is 19.5 Å². The van der Waals surface area contributed by atoms with Crippen LogP contribution in [0.5, 0.6) is 0 Å². The van der Waals surface area contributed by atoms with E-state index in [-0.39, 0.29) is 24.3 Å². The van der Waals surface area contributed by atoms with Gasteiger partial charge in [0.05, 0.1) is 12.5 Å². The summed E-state index contributed by atoms with van der Waals surface area (Å²) in [5.41, 5.74) is -1.21. The van der Waals surface area contributed by atoms with Gasteiger partial charge in [0.1, 0.15) is 5.54 Å². The lowest BCUT2D eigenvalue weighted by Crippen LogP contribution is -2.54. The Morgan fingerprint density at radius 3 is 2.47 bits per heavy atom. The monoisotopic (exact) mass is 240 g/mol. The first-order valence-corrected chi connectivity index (χ1v) is 5.70. The normalized spacial score (nSPS) is 25.5. The lowest BCUT2D eigenvalue weighted by atomic mass is 10.0. The van der Waals surface area contributed by atoms with Crippen molar-refractivity contribution in [3.05, 3.63) is 0 Å². The van der Waals surface area contributed by atoms with Crippen LogP contribution in [0, 0.1) is 0 Å². The van der Waals surface area contributed by atoms with Crippen LogP contribution in [-0.2, 0) is 14.4 Å². The molecule has 17 heavy (non-hydrogen) atoms. The summed E-state index contributed by atoms with van der Waals surface area (Å²) >= 11 is 0. The number of hydrogen-bond acceptors (Lipinski definition) is 4. The van der Waals surface area contributed by atoms with Gasteiger partial charge in [-0.2, -0.15) is 0 Å². The number of carbonyl (C=O) groups excluding carboxylic acids is 2. The van der Waals surface area contributed by atoms with Crippen molar-refractivity contribution in [1.82, 2.24) is 10.2 Å². The predicted octanol–water partition coefficient (Wildman–Crippen LogP) is -0.271. The number of carboxylic acid groups (broad SMARTS) is 1. The molecule has 1 heterocycles. The van der Waals surface area contributed by atoms with Crippen LogP contribution < -0.4 is 5.32 Å². The predicted molar refractivity (Wildman–Crippen MR) is 58.1 cm³/mol. The third-order valence-corrected chi connectivity index (χ3v) is 3.16. The number of imide groups is 1. The number of carbonyl (C=O) groups is 3. The average Bonchev–Trinajstić information content (AvgIpc) is 2.96. The number of nitrogens with zero attached hydrogens (tertiary/aromatic N) is 1. The second-order valence-corrected chi connectivity index (χ2v) is 5.16. The minimum Gasteiger partial charge on any atom is -0.480 e. The number of aliphatic carboxylic acids is 1. The maximum atomic E-state index is 11.9. The average molecular weight is 240 g/mol. The van der Waals surface area contributed by atoms with E-state index in [4.69, 9.17) is 5.11 Å². The quantitative estimate of drug-likeness (QED) is 0.660. The smallest absolute Gasteiger partial charge is 0.323 e. The van der Waals surface area contributed by atoms with Gasteiger partial charge in [0.15, 0.2) is 0 Å². The molecule has 1 aliphatic heterocycles. The molecule has 2 fully saturated rings. The van der Waals surface area contributed by atoms with E-state index in [0.717, 1.165) is 12.8 Å². The maximum absolute atomic E-state index is 11.9. The lowest BCUT2D eigenvalue weighted by molar-refractivity contribution is -0.144. The van der Waals surface area contributed by atoms with Gasteiger partial charge in [-0.1, -0.05) is 0 Å². The highest BCUT2D eigenvalue weighted by Gasteiger charge is 2.48. The van der Waals surface area contributed by atoms with Gasteiger partial charge in [0.2, 0.25) is 11.8 Å². The first kappa shape index (κ1) is 12.0. The Morgan fingerprint density at radius 2 is 2.00 bits per heavy atom. The molecule has 94 valence electrons. The summed E-state index contributed by atoms with van der Waals surface area (Å²) in [6.07, 6.45) is 1.80. The summed E-state index contributed by atoms with van der Waals surface area (Å²) in [5, 5.41) is 11.7. The standard InChI is InChI=1S/C11H16N2O4/c1-11(2,10(16)17)12-7-5-8(14)13(9(7)15)6-3-4-6/h6-7,12H,3-5H2,1-2H3,(H,16,17). The van der Waals surface area contributed by atoms with E-state index in [9.17, 15) is 14.4 Å². The van der Waals surface area contributed by atoms with Crippen molar-refractivity contribution in [2.24, 2.45) is 0 Å². The van der Waals surface area contributed by atoms with E-state index < -0.39 is 17.6 Å². The van der Waals surface area contributed by atoms with Gasteiger partial charge >= 0.3 is 5.97 Å². The Hall–Kier alpha value is -1.43. The molecular formula is C11H16N2O4. The Bertz CT molecular complexity index is 387. The number of amides is 2.